The summed E-state index contributed by atoms with van der Waals surface area (Å²) in [4.78, 5) is 12.7. The summed E-state index contributed by atoms with van der Waals surface area (Å²) in [5.74, 6) is 1.41. The van der Waals surface area contributed by atoms with Gasteiger partial charge in [-0.05, 0) is 101 Å². The van der Waals surface area contributed by atoms with E-state index in [1.807, 2.05) is 6.08 Å². The zero-order valence-electron chi connectivity index (χ0n) is 20.8. The number of ketones is 1. The number of carbonyl (C=O) groups is 1. The van der Waals surface area contributed by atoms with E-state index in [9.17, 15) is 9.90 Å². The fraction of sp³-hybridized carbons (Fsp3) is 0.759. The highest BCUT2D eigenvalue weighted by atomic mass is 16.3. The Bertz CT molecular complexity index is 930. The average Bonchev–Trinajstić information content (AvgIpc) is 2.67. The predicted molar refractivity (Wildman–Crippen MR) is 126 cm³/mol. The molecule has 0 saturated heterocycles. The maximum absolute atomic E-state index is 12.7. The third kappa shape index (κ3) is 2.58. The van der Waals surface area contributed by atoms with Crippen LogP contribution in [0.15, 0.2) is 34.9 Å². The van der Waals surface area contributed by atoms with Gasteiger partial charge in [0.15, 0.2) is 5.78 Å². The minimum atomic E-state index is -0.289. The molecule has 0 spiro atoms. The van der Waals surface area contributed by atoms with Crippen molar-refractivity contribution >= 4 is 5.78 Å². The molecule has 0 aromatic rings. The highest BCUT2D eigenvalue weighted by molar-refractivity contribution is 5.97. The van der Waals surface area contributed by atoms with Gasteiger partial charge in [0.2, 0.25) is 0 Å². The van der Waals surface area contributed by atoms with Crippen molar-refractivity contribution in [2.24, 2.45) is 38.9 Å². The number of hydrogen-bond donors (Lipinski definition) is 1. The molecule has 2 nitrogen and oxygen atoms in total. The summed E-state index contributed by atoms with van der Waals surface area (Å²) < 4.78 is 0. The molecule has 5 rings (SSSR count). The second kappa shape index (κ2) is 6.25. The standard InChI is InChI=1S/C29H42O2/c1-25(2)17-19-18(16-24(25)31)10-14-28(6)20(19)8-9-22-27(5)13-12-23(30)26(3,4)21(27)11-15-29(22,28)7/h8-9,16,21-23,30H,10-15,17H2,1-7H3/t21-,22+,23+,27-,28+,29+/m0/s1. The number of allylic oxidation sites excluding steroid dienone is 6. The summed E-state index contributed by atoms with van der Waals surface area (Å²) in [6, 6.07) is 0. The molecular weight excluding hydrogens is 380 g/mol. The molecule has 0 bridgehead atoms. The van der Waals surface area contributed by atoms with Crippen LogP contribution in [0, 0.1) is 38.9 Å². The second-order valence-electron chi connectivity index (χ2n) is 13.5. The molecule has 0 aromatic heterocycles. The summed E-state index contributed by atoms with van der Waals surface area (Å²) in [5.41, 5.74) is 4.63. The quantitative estimate of drug-likeness (QED) is 0.466. The van der Waals surface area contributed by atoms with Gasteiger partial charge in [-0.15, -0.1) is 0 Å². The summed E-state index contributed by atoms with van der Waals surface area (Å²) in [7, 11) is 0. The van der Waals surface area contributed by atoms with E-state index >= 15 is 0 Å². The van der Waals surface area contributed by atoms with Crippen LogP contribution in [0.4, 0.5) is 0 Å². The van der Waals surface area contributed by atoms with E-state index in [4.69, 9.17) is 0 Å². The van der Waals surface area contributed by atoms with Crippen LogP contribution in [-0.4, -0.2) is 17.0 Å². The molecule has 2 fully saturated rings. The van der Waals surface area contributed by atoms with Crippen molar-refractivity contribution < 1.29 is 9.90 Å². The number of fused-ring (bicyclic) bond motifs is 6. The van der Waals surface area contributed by atoms with Gasteiger partial charge in [-0.3, -0.25) is 4.79 Å². The van der Waals surface area contributed by atoms with Crippen molar-refractivity contribution in [3.63, 3.8) is 0 Å². The lowest BCUT2D eigenvalue weighted by Gasteiger charge is -2.68. The van der Waals surface area contributed by atoms with Gasteiger partial charge in [0.1, 0.15) is 0 Å². The Balaban J connectivity index is 1.65. The number of carbonyl (C=O) groups excluding carboxylic acids is 1. The Hall–Kier alpha value is -1.15. The Morgan fingerprint density at radius 2 is 1.68 bits per heavy atom. The van der Waals surface area contributed by atoms with Crippen molar-refractivity contribution in [1.29, 1.82) is 0 Å². The molecule has 0 unspecified atom stereocenters. The number of aliphatic hydroxyl groups is 1. The first-order valence-corrected chi connectivity index (χ1v) is 12.6. The molecule has 5 aliphatic rings. The van der Waals surface area contributed by atoms with Crippen molar-refractivity contribution in [2.75, 3.05) is 0 Å². The molecule has 170 valence electrons. The van der Waals surface area contributed by atoms with Crippen LogP contribution in [0.1, 0.15) is 93.4 Å². The van der Waals surface area contributed by atoms with Crippen molar-refractivity contribution in [3.05, 3.63) is 34.9 Å². The maximum atomic E-state index is 12.7. The largest absolute Gasteiger partial charge is 0.393 e. The van der Waals surface area contributed by atoms with Crippen LogP contribution >= 0.6 is 0 Å². The van der Waals surface area contributed by atoms with Crippen LogP contribution in [0.25, 0.3) is 0 Å². The second-order valence-corrected chi connectivity index (χ2v) is 13.5. The molecule has 0 aliphatic heterocycles. The van der Waals surface area contributed by atoms with Crippen LogP contribution in [0.3, 0.4) is 0 Å². The van der Waals surface area contributed by atoms with Crippen molar-refractivity contribution in [3.8, 4) is 0 Å². The predicted octanol–water partition coefficient (Wildman–Crippen LogP) is 6.80. The monoisotopic (exact) mass is 422 g/mol. The molecule has 0 amide bonds. The average molecular weight is 423 g/mol. The SMILES string of the molecule is CC1(C)CC2=C3C=C[C@@H]4[C@@]5(C)CC[C@@H](O)C(C)(C)[C@@H]5CC[C@@]4(C)[C@]3(C)CCC2=CC1=O. The summed E-state index contributed by atoms with van der Waals surface area (Å²) in [5, 5.41) is 10.8. The Kier molecular flexibility index (Phi) is 4.37. The fourth-order valence-electron chi connectivity index (χ4n) is 9.03. The van der Waals surface area contributed by atoms with Crippen LogP contribution in [0.2, 0.25) is 0 Å². The lowest BCUT2D eigenvalue weighted by molar-refractivity contribution is -0.180. The first kappa shape index (κ1) is 21.7. The minimum absolute atomic E-state index is 0.0158. The molecule has 0 aromatic carbocycles. The Labute approximate surface area is 189 Å². The summed E-state index contributed by atoms with van der Waals surface area (Å²) >= 11 is 0. The fourth-order valence-corrected chi connectivity index (χ4v) is 9.03. The first-order chi connectivity index (χ1) is 14.3. The third-order valence-electron chi connectivity index (χ3n) is 11.4. The molecule has 0 heterocycles. The maximum Gasteiger partial charge on any atom is 0.161 e. The number of hydrogen-bond acceptors (Lipinski definition) is 2. The molecule has 1 N–H and O–H groups in total. The van der Waals surface area contributed by atoms with Gasteiger partial charge in [0.25, 0.3) is 0 Å². The number of rotatable bonds is 0. The van der Waals surface area contributed by atoms with Crippen LogP contribution in [0.5, 0.6) is 0 Å². The van der Waals surface area contributed by atoms with E-state index in [0.29, 0.717) is 17.6 Å². The Morgan fingerprint density at radius 3 is 2.39 bits per heavy atom. The minimum Gasteiger partial charge on any atom is -0.393 e. The summed E-state index contributed by atoms with van der Waals surface area (Å²) in [6.45, 7) is 16.5. The zero-order valence-corrected chi connectivity index (χ0v) is 20.8. The van der Waals surface area contributed by atoms with E-state index in [1.54, 1.807) is 0 Å². The smallest absolute Gasteiger partial charge is 0.161 e. The van der Waals surface area contributed by atoms with Gasteiger partial charge >= 0.3 is 0 Å². The van der Waals surface area contributed by atoms with E-state index in [-0.39, 0.29) is 33.2 Å². The third-order valence-corrected chi connectivity index (χ3v) is 11.4. The van der Waals surface area contributed by atoms with Gasteiger partial charge in [-0.2, -0.15) is 0 Å². The van der Waals surface area contributed by atoms with E-state index < -0.39 is 0 Å². The molecule has 6 atom stereocenters. The lowest BCUT2D eigenvalue weighted by atomic mass is 9.36. The first-order valence-electron chi connectivity index (χ1n) is 12.6. The van der Waals surface area contributed by atoms with E-state index in [0.717, 1.165) is 32.1 Å². The van der Waals surface area contributed by atoms with E-state index in [1.165, 1.54) is 29.6 Å². The van der Waals surface area contributed by atoms with Gasteiger partial charge in [-0.25, -0.2) is 0 Å². The number of aliphatic hydroxyl groups excluding tert-OH is 1. The lowest BCUT2D eigenvalue weighted by Crippen LogP contribution is -2.62. The topological polar surface area (TPSA) is 37.3 Å². The van der Waals surface area contributed by atoms with Crippen molar-refractivity contribution in [2.45, 2.75) is 99.5 Å². The van der Waals surface area contributed by atoms with Crippen LogP contribution in [-0.2, 0) is 4.79 Å². The highest BCUT2D eigenvalue weighted by Gasteiger charge is 2.65. The molecular formula is C29H42O2. The zero-order chi connectivity index (χ0) is 22.6. The van der Waals surface area contributed by atoms with Gasteiger partial charge in [-0.1, -0.05) is 60.6 Å². The highest BCUT2D eigenvalue weighted by Crippen LogP contribution is 2.72. The molecule has 5 aliphatic carbocycles. The summed E-state index contributed by atoms with van der Waals surface area (Å²) in [6.07, 6.45) is 14.4. The van der Waals surface area contributed by atoms with Gasteiger partial charge < -0.3 is 5.11 Å². The van der Waals surface area contributed by atoms with Gasteiger partial charge in [0, 0.05) is 5.41 Å². The molecule has 2 saturated carbocycles. The van der Waals surface area contributed by atoms with E-state index in [2.05, 4.69) is 60.6 Å². The molecule has 2 heteroatoms. The molecule has 31 heavy (non-hydrogen) atoms. The normalized spacial score (nSPS) is 47.7. The van der Waals surface area contributed by atoms with Gasteiger partial charge in [0.05, 0.1) is 6.10 Å². The molecule has 0 radical (unpaired) electrons. The van der Waals surface area contributed by atoms with Crippen molar-refractivity contribution in [1.82, 2.24) is 0 Å². The Morgan fingerprint density at radius 1 is 0.968 bits per heavy atom. The van der Waals surface area contributed by atoms with Crippen LogP contribution < -0.4 is 0 Å².